The second kappa shape index (κ2) is 12.7. The summed E-state index contributed by atoms with van der Waals surface area (Å²) in [7, 11) is 0. The SMILES string of the molecule is c1ccc(-n2c3cc(-c4ccc(N(c5ccc6c(c5)sc5ccccc56)c5ccc6ccc7ccccc7c6c5)cc4)ccc3c3ccc4ccccc4c32)cc1. The lowest BCUT2D eigenvalue weighted by Gasteiger charge is -2.26. The standard InChI is InChI=1S/C54H34N2S/c1-2-12-40(13-3-1)56-51-32-39(24-29-46(51)49-30-23-37-11-5-7-15-45(37)54(49)56)35-20-25-41(26-21-35)55(43-28-31-48-47-16-8-9-17-52(47)57-53(48)34-43)42-27-22-38-19-18-36-10-4-6-14-44(36)50(38)33-42/h1-34H. The van der Waals surface area contributed by atoms with Gasteiger partial charge in [0.15, 0.2) is 0 Å². The van der Waals surface area contributed by atoms with E-state index in [1.165, 1.54) is 85.4 Å². The van der Waals surface area contributed by atoms with Crippen LogP contribution in [-0.2, 0) is 0 Å². The van der Waals surface area contributed by atoms with Gasteiger partial charge in [0.2, 0.25) is 0 Å². The number of thiophene rings is 1. The minimum atomic E-state index is 1.12. The van der Waals surface area contributed by atoms with Crippen molar-refractivity contribution in [1.29, 1.82) is 0 Å². The zero-order chi connectivity index (χ0) is 37.5. The lowest BCUT2D eigenvalue weighted by Crippen LogP contribution is -2.09. The van der Waals surface area contributed by atoms with Crippen LogP contribution in [0.4, 0.5) is 17.1 Å². The van der Waals surface area contributed by atoms with Gasteiger partial charge in [0, 0.05) is 59.1 Å². The zero-order valence-electron chi connectivity index (χ0n) is 30.9. The van der Waals surface area contributed by atoms with Crippen LogP contribution in [0.25, 0.3) is 91.1 Å². The van der Waals surface area contributed by atoms with Gasteiger partial charge in [-0.25, -0.2) is 0 Å². The molecule has 0 fully saturated rings. The molecule has 0 spiro atoms. The summed E-state index contributed by atoms with van der Waals surface area (Å²) in [5.74, 6) is 0. The van der Waals surface area contributed by atoms with E-state index in [-0.39, 0.29) is 0 Å². The average Bonchev–Trinajstić information content (AvgIpc) is 3.82. The topological polar surface area (TPSA) is 8.17 Å². The molecule has 0 aliphatic carbocycles. The molecule has 0 atom stereocenters. The Morgan fingerprint density at radius 1 is 0.333 bits per heavy atom. The quantitative estimate of drug-likeness (QED) is 0.159. The molecule has 10 aromatic carbocycles. The first kappa shape index (κ1) is 32.1. The number of fused-ring (bicyclic) bond motifs is 11. The van der Waals surface area contributed by atoms with Gasteiger partial charge in [0.1, 0.15) is 0 Å². The van der Waals surface area contributed by atoms with Crippen LogP contribution in [-0.4, -0.2) is 4.57 Å². The van der Waals surface area contributed by atoms with Crippen molar-refractivity contribution in [3.63, 3.8) is 0 Å². The summed E-state index contributed by atoms with van der Waals surface area (Å²) >= 11 is 1.86. The van der Waals surface area contributed by atoms with Crippen molar-refractivity contribution in [2.24, 2.45) is 0 Å². The van der Waals surface area contributed by atoms with Gasteiger partial charge in [-0.3, -0.25) is 0 Å². The lowest BCUT2D eigenvalue weighted by molar-refractivity contribution is 1.19. The van der Waals surface area contributed by atoms with Crippen LogP contribution < -0.4 is 4.90 Å². The summed E-state index contributed by atoms with van der Waals surface area (Å²) in [6, 6.07) is 75.8. The molecule has 0 radical (unpaired) electrons. The Labute approximate surface area is 333 Å². The third-order valence-electron chi connectivity index (χ3n) is 11.7. The minimum Gasteiger partial charge on any atom is -0.310 e. The highest BCUT2D eigenvalue weighted by Gasteiger charge is 2.18. The van der Waals surface area contributed by atoms with Crippen molar-refractivity contribution < 1.29 is 0 Å². The van der Waals surface area contributed by atoms with Crippen molar-refractivity contribution in [3.8, 4) is 16.8 Å². The van der Waals surface area contributed by atoms with E-state index < -0.39 is 0 Å². The number of hydrogen-bond donors (Lipinski definition) is 0. The van der Waals surface area contributed by atoms with Crippen LogP contribution in [0, 0.1) is 0 Å². The highest BCUT2D eigenvalue weighted by atomic mass is 32.1. The third kappa shape index (κ3) is 5.10. The maximum Gasteiger partial charge on any atom is 0.0619 e. The lowest BCUT2D eigenvalue weighted by atomic mass is 10.0. The molecule has 0 N–H and O–H groups in total. The number of aromatic nitrogens is 1. The van der Waals surface area contributed by atoms with Crippen LogP contribution in [0.3, 0.4) is 0 Å². The number of hydrogen-bond acceptors (Lipinski definition) is 2. The molecule has 3 heteroatoms. The minimum absolute atomic E-state index is 1.12. The predicted octanol–water partition coefficient (Wildman–Crippen LogP) is 15.7. The number of anilines is 3. The molecule has 0 unspecified atom stereocenters. The maximum atomic E-state index is 2.44. The van der Waals surface area contributed by atoms with Crippen molar-refractivity contribution in [2.45, 2.75) is 0 Å². The number of benzene rings is 10. The van der Waals surface area contributed by atoms with E-state index in [0.29, 0.717) is 0 Å². The van der Waals surface area contributed by atoms with E-state index in [9.17, 15) is 0 Å². The fraction of sp³-hybridized carbons (Fsp3) is 0. The molecular weight excluding hydrogens is 709 g/mol. The smallest absolute Gasteiger partial charge is 0.0619 e. The Balaban J connectivity index is 1.02. The highest BCUT2D eigenvalue weighted by molar-refractivity contribution is 7.25. The van der Waals surface area contributed by atoms with Crippen LogP contribution in [0.2, 0.25) is 0 Å². The first-order valence-electron chi connectivity index (χ1n) is 19.5. The van der Waals surface area contributed by atoms with Crippen LogP contribution >= 0.6 is 11.3 Å². The summed E-state index contributed by atoms with van der Waals surface area (Å²) in [5, 5.41) is 12.7. The van der Waals surface area contributed by atoms with Gasteiger partial charge in [-0.05, 0) is 98.7 Å². The van der Waals surface area contributed by atoms with E-state index in [1.54, 1.807) is 0 Å². The van der Waals surface area contributed by atoms with Crippen LogP contribution in [0.5, 0.6) is 0 Å². The first-order valence-corrected chi connectivity index (χ1v) is 20.3. The molecule has 2 heterocycles. The molecule has 2 nitrogen and oxygen atoms in total. The fourth-order valence-corrected chi connectivity index (χ4v) is 10.2. The Kier molecular flexibility index (Phi) is 7.13. The van der Waals surface area contributed by atoms with Crippen molar-refractivity contribution in [1.82, 2.24) is 4.57 Å². The van der Waals surface area contributed by atoms with Gasteiger partial charge >= 0.3 is 0 Å². The molecule has 266 valence electrons. The Bertz CT molecular complexity index is 3520. The Morgan fingerprint density at radius 3 is 1.74 bits per heavy atom. The van der Waals surface area contributed by atoms with Gasteiger partial charge in [-0.15, -0.1) is 11.3 Å². The summed E-state index contributed by atoms with van der Waals surface area (Å²) in [5.41, 5.74) is 9.37. The van der Waals surface area contributed by atoms with Gasteiger partial charge in [-0.2, -0.15) is 0 Å². The molecule has 0 bridgehead atoms. The third-order valence-corrected chi connectivity index (χ3v) is 12.9. The van der Waals surface area contributed by atoms with Gasteiger partial charge in [0.25, 0.3) is 0 Å². The highest BCUT2D eigenvalue weighted by Crippen LogP contribution is 2.43. The van der Waals surface area contributed by atoms with E-state index in [0.717, 1.165) is 22.7 Å². The second-order valence-corrected chi connectivity index (χ2v) is 16.0. The first-order chi connectivity index (χ1) is 28.2. The molecule has 0 amide bonds. The normalized spacial score (nSPS) is 11.9. The van der Waals surface area contributed by atoms with Crippen molar-refractivity contribution in [3.05, 3.63) is 206 Å². The molecule has 0 aliphatic heterocycles. The Morgan fingerprint density at radius 2 is 0.895 bits per heavy atom. The fourth-order valence-electron chi connectivity index (χ4n) is 9.04. The van der Waals surface area contributed by atoms with Crippen molar-refractivity contribution in [2.75, 3.05) is 4.90 Å². The summed E-state index contributed by atoms with van der Waals surface area (Å²) in [6.07, 6.45) is 0. The molecule has 0 saturated carbocycles. The van der Waals surface area contributed by atoms with Gasteiger partial charge in [-0.1, -0.05) is 146 Å². The predicted molar refractivity (Wildman–Crippen MR) is 246 cm³/mol. The van der Waals surface area contributed by atoms with E-state index >= 15 is 0 Å². The number of para-hydroxylation sites is 1. The molecule has 0 aliphatic rings. The second-order valence-electron chi connectivity index (χ2n) is 14.9. The van der Waals surface area contributed by atoms with Crippen LogP contribution in [0.15, 0.2) is 206 Å². The maximum absolute atomic E-state index is 2.44. The number of rotatable bonds is 5. The molecule has 12 aromatic rings. The van der Waals surface area contributed by atoms with E-state index in [2.05, 4.69) is 216 Å². The summed E-state index contributed by atoms with van der Waals surface area (Å²) < 4.78 is 5.05. The van der Waals surface area contributed by atoms with Gasteiger partial charge in [0.05, 0.1) is 11.0 Å². The molecule has 2 aromatic heterocycles. The van der Waals surface area contributed by atoms with Crippen molar-refractivity contribution >= 4 is 103 Å². The summed E-state index contributed by atoms with van der Waals surface area (Å²) in [4.78, 5) is 2.41. The van der Waals surface area contributed by atoms with Crippen LogP contribution in [0.1, 0.15) is 0 Å². The van der Waals surface area contributed by atoms with E-state index in [4.69, 9.17) is 0 Å². The average molecular weight is 743 g/mol. The molecule has 0 saturated heterocycles. The molecular formula is C54H34N2S. The number of nitrogens with zero attached hydrogens (tertiary/aromatic N) is 2. The largest absolute Gasteiger partial charge is 0.310 e. The molecule has 12 rings (SSSR count). The Hall–Kier alpha value is -7.20. The summed E-state index contributed by atoms with van der Waals surface area (Å²) in [6.45, 7) is 0. The van der Waals surface area contributed by atoms with E-state index in [1.807, 2.05) is 11.3 Å². The van der Waals surface area contributed by atoms with Gasteiger partial charge < -0.3 is 9.47 Å². The zero-order valence-corrected chi connectivity index (χ0v) is 31.7. The molecule has 57 heavy (non-hydrogen) atoms. The monoisotopic (exact) mass is 742 g/mol.